The van der Waals surface area contributed by atoms with Crippen LogP contribution in [0, 0.1) is 13.8 Å². The molecule has 0 unspecified atom stereocenters. The first-order valence-corrected chi connectivity index (χ1v) is 7.40. The summed E-state index contributed by atoms with van der Waals surface area (Å²) in [5, 5.41) is 22.3. The highest BCUT2D eigenvalue weighted by atomic mass is 15.4. The van der Waals surface area contributed by atoms with Gasteiger partial charge in [-0.05, 0) is 42.7 Å². The summed E-state index contributed by atoms with van der Waals surface area (Å²) in [5.41, 5.74) is 4.51. The van der Waals surface area contributed by atoms with Gasteiger partial charge in [0.15, 0.2) is 0 Å². The Hall–Kier alpha value is -3.02. The van der Waals surface area contributed by atoms with Crippen LogP contribution in [0.4, 0.5) is 17.6 Å². The van der Waals surface area contributed by atoms with Crippen molar-refractivity contribution in [3.05, 3.63) is 65.2 Å². The summed E-state index contributed by atoms with van der Waals surface area (Å²) in [5.74, 6) is 0.776. The second-order valence-corrected chi connectivity index (χ2v) is 5.31. The quantitative estimate of drug-likeness (QED) is 0.753. The molecular formula is C17H18N6. The van der Waals surface area contributed by atoms with E-state index in [-0.39, 0.29) is 0 Å². The van der Waals surface area contributed by atoms with Gasteiger partial charge in [-0.1, -0.05) is 36.4 Å². The Labute approximate surface area is 135 Å². The van der Waals surface area contributed by atoms with E-state index in [1.54, 1.807) is 0 Å². The molecule has 0 spiro atoms. The Morgan fingerprint density at radius 1 is 0.783 bits per heavy atom. The van der Waals surface area contributed by atoms with Crippen LogP contribution in [0.25, 0.3) is 0 Å². The van der Waals surface area contributed by atoms with E-state index < -0.39 is 0 Å². The highest BCUT2D eigenvalue weighted by molar-refractivity contribution is 5.55. The Kier molecular flexibility index (Phi) is 4.42. The van der Waals surface area contributed by atoms with Gasteiger partial charge in [-0.2, -0.15) is 0 Å². The Morgan fingerprint density at radius 3 is 2.17 bits per heavy atom. The van der Waals surface area contributed by atoms with Gasteiger partial charge in [0, 0.05) is 12.2 Å². The molecule has 1 heterocycles. The molecule has 0 radical (unpaired) electrons. The smallest absolute Gasteiger partial charge is 0.266 e. The normalized spacial score (nSPS) is 10.3. The minimum absolute atomic E-state index is 0.374. The number of rotatable bonds is 5. The Balaban J connectivity index is 1.61. The largest absolute Gasteiger partial charge is 0.348 e. The molecule has 6 nitrogen and oxygen atoms in total. The lowest BCUT2D eigenvalue weighted by Crippen LogP contribution is -2.08. The highest BCUT2D eigenvalue weighted by Gasteiger charge is 2.03. The van der Waals surface area contributed by atoms with Crippen molar-refractivity contribution in [1.82, 2.24) is 20.4 Å². The van der Waals surface area contributed by atoms with Crippen molar-refractivity contribution in [2.75, 3.05) is 10.6 Å². The van der Waals surface area contributed by atoms with Crippen molar-refractivity contribution in [3.63, 3.8) is 0 Å². The van der Waals surface area contributed by atoms with Gasteiger partial charge in [0.2, 0.25) is 0 Å². The molecule has 6 heteroatoms. The molecule has 0 aliphatic rings. The van der Waals surface area contributed by atoms with Crippen molar-refractivity contribution in [2.45, 2.75) is 20.4 Å². The molecule has 3 aromatic rings. The minimum Gasteiger partial charge on any atom is -0.348 e. The number of nitrogens with zero attached hydrogens (tertiary/aromatic N) is 4. The van der Waals surface area contributed by atoms with Crippen LogP contribution < -0.4 is 10.6 Å². The van der Waals surface area contributed by atoms with Crippen molar-refractivity contribution < 1.29 is 0 Å². The fraction of sp³-hybridized carbons (Fsp3) is 0.176. The zero-order valence-corrected chi connectivity index (χ0v) is 13.1. The van der Waals surface area contributed by atoms with Gasteiger partial charge in [-0.25, -0.2) is 0 Å². The maximum atomic E-state index is 4.04. The maximum Gasteiger partial charge on any atom is 0.266 e. The number of hydrogen-bond donors (Lipinski definition) is 2. The predicted molar refractivity (Wildman–Crippen MR) is 90.6 cm³/mol. The van der Waals surface area contributed by atoms with Crippen LogP contribution in [-0.2, 0) is 6.54 Å². The molecule has 0 aliphatic heterocycles. The number of benzene rings is 2. The molecule has 23 heavy (non-hydrogen) atoms. The van der Waals surface area contributed by atoms with Crippen LogP contribution >= 0.6 is 0 Å². The molecule has 0 saturated heterocycles. The zero-order valence-electron chi connectivity index (χ0n) is 13.1. The summed E-state index contributed by atoms with van der Waals surface area (Å²) in [6, 6.07) is 16.1. The average molecular weight is 306 g/mol. The number of nitrogens with one attached hydrogen (secondary N) is 2. The SMILES string of the molecule is Cc1ccc(Nc2nnc(NCc3ccccc3)nn2)cc1C. The van der Waals surface area contributed by atoms with Crippen LogP contribution in [-0.4, -0.2) is 20.4 Å². The molecule has 2 aromatic carbocycles. The third-order valence-electron chi connectivity index (χ3n) is 3.54. The Bertz CT molecular complexity index is 771. The standard InChI is InChI=1S/C17H18N6/c1-12-8-9-15(10-13(12)2)19-17-22-20-16(21-23-17)18-11-14-6-4-3-5-7-14/h3-10H,11H2,1-2H3,(H,18,20,21)(H,19,22,23). The molecule has 3 rings (SSSR count). The molecule has 0 aliphatic carbocycles. The van der Waals surface area contributed by atoms with E-state index in [0.717, 1.165) is 11.3 Å². The van der Waals surface area contributed by atoms with E-state index in [1.807, 2.05) is 48.5 Å². The van der Waals surface area contributed by atoms with Crippen molar-refractivity contribution >= 4 is 17.6 Å². The second-order valence-electron chi connectivity index (χ2n) is 5.31. The van der Waals surface area contributed by atoms with Crippen LogP contribution in [0.2, 0.25) is 0 Å². The van der Waals surface area contributed by atoms with Crippen LogP contribution in [0.15, 0.2) is 48.5 Å². The van der Waals surface area contributed by atoms with Crippen LogP contribution in [0.3, 0.4) is 0 Å². The fourth-order valence-corrected chi connectivity index (χ4v) is 2.08. The van der Waals surface area contributed by atoms with E-state index in [2.05, 4.69) is 44.9 Å². The topological polar surface area (TPSA) is 75.6 Å². The summed E-state index contributed by atoms with van der Waals surface area (Å²) in [4.78, 5) is 0. The van der Waals surface area contributed by atoms with Gasteiger partial charge in [-0.3, -0.25) is 0 Å². The highest BCUT2D eigenvalue weighted by Crippen LogP contribution is 2.16. The second kappa shape index (κ2) is 6.83. The van der Waals surface area contributed by atoms with Crippen molar-refractivity contribution in [1.29, 1.82) is 0 Å². The molecule has 0 bridgehead atoms. The van der Waals surface area contributed by atoms with Gasteiger partial charge in [0.05, 0.1) is 0 Å². The molecule has 0 atom stereocenters. The fourth-order valence-electron chi connectivity index (χ4n) is 2.08. The zero-order chi connectivity index (χ0) is 16.1. The number of hydrogen-bond acceptors (Lipinski definition) is 6. The molecule has 0 saturated carbocycles. The monoisotopic (exact) mass is 306 g/mol. The summed E-state index contributed by atoms with van der Waals surface area (Å²) in [6.45, 7) is 4.77. The van der Waals surface area contributed by atoms with Gasteiger partial charge >= 0.3 is 0 Å². The van der Waals surface area contributed by atoms with Gasteiger partial charge in [0.25, 0.3) is 11.9 Å². The van der Waals surface area contributed by atoms with Gasteiger partial charge < -0.3 is 10.6 Å². The summed E-state index contributed by atoms with van der Waals surface area (Å²) >= 11 is 0. The molecule has 0 fully saturated rings. The number of aryl methyl sites for hydroxylation is 2. The van der Waals surface area contributed by atoms with Crippen molar-refractivity contribution in [3.8, 4) is 0 Å². The first-order chi connectivity index (χ1) is 11.2. The summed E-state index contributed by atoms with van der Waals surface area (Å²) in [7, 11) is 0. The predicted octanol–water partition coefficient (Wildman–Crippen LogP) is 3.24. The lowest BCUT2D eigenvalue weighted by Gasteiger charge is -2.07. The van der Waals surface area contributed by atoms with E-state index in [0.29, 0.717) is 18.4 Å². The lowest BCUT2D eigenvalue weighted by atomic mass is 10.1. The Morgan fingerprint density at radius 2 is 1.48 bits per heavy atom. The van der Waals surface area contributed by atoms with E-state index in [4.69, 9.17) is 0 Å². The van der Waals surface area contributed by atoms with E-state index in [9.17, 15) is 0 Å². The molecular weight excluding hydrogens is 288 g/mol. The minimum atomic E-state index is 0.374. The molecule has 1 aromatic heterocycles. The lowest BCUT2D eigenvalue weighted by molar-refractivity contribution is 0.858. The van der Waals surface area contributed by atoms with Crippen LogP contribution in [0.5, 0.6) is 0 Å². The number of aromatic nitrogens is 4. The first kappa shape index (κ1) is 14.9. The van der Waals surface area contributed by atoms with Crippen molar-refractivity contribution in [2.24, 2.45) is 0 Å². The number of anilines is 3. The van der Waals surface area contributed by atoms with E-state index >= 15 is 0 Å². The third kappa shape index (κ3) is 4.00. The molecule has 116 valence electrons. The summed E-state index contributed by atoms with van der Waals surface area (Å²) < 4.78 is 0. The maximum absolute atomic E-state index is 4.04. The molecule has 2 N–H and O–H groups in total. The van der Waals surface area contributed by atoms with Crippen LogP contribution in [0.1, 0.15) is 16.7 Å². The molecule has 0 amide bonds. The first-order valence-electron chi connectivity index (χ1n) is 7.40. The van der Waals surface area contributed by atoms with Gasteiger partial charge in [-0.15, -0.1) is 20.4 Å². The van der Waals surface area contributed by atoms with E-state index in [1.165, 1.54) is 11.1 Å². The summed E-state index contributed by atoms with van der Waals surface area (Å²) in [6.07, 6.45) is 0. The van der Waals surface area contributed by atoms with Gasteiger partial charge in [0.1, 0.15) is 0 Å². The average Bonchev–Trinajstić information content (AvgIpc) is 2.58. The third-order valence-corrected chi connectivity index (χ3v) is 3.54.